The van der Waals surface area contributed by atoms with Crippen molar-refractivity contribution in [1.29, 1.82) is 0 Å². The maximum atomic E-state index is 12.0. The number of ether oxygens (including phenoxy) is 1. The molecule has 0 saturated heterocycles. The summed E-state index contributed by atoms with van der Waals surface area (Å²) in [5.74, 6) is 0. The standard InChI is InChI=1S/C12H17BrN2O5S/c1-14(2)21(18,19)11-5-4-9(6-10(13)8-20-3)12(7-11)15(16)17/h4-5,7,10H,6,8H2,1-3H3. The SMILES string of the molecule is COCC(Br)Cc1ccc(S(=O)(=O)N(C)C)cc1[N+](=O)[O-]. The van der Waals surface area contributed by atoms with Gasteiger partial charge < -0.3 is 4.74 Å². The second-order valence-corrected chi connectivity index (χ2v) is 8.04. The zero-order valence-electron chi connectivity index (χ0n) is 11.9. The summed E-state index contributed by atoms with van der Waals surface area (Å²) in [5.41, 5.74) is 0.245. The van der Waals surface area contributed by atoms with E-state index in [2.05, 4.69) is 15.9 Å². The highest BCUT2D eigenvalue weighted by molar-refractivity contribution is 9.09. The van der Waals surface area contributed by atoms with Crippen LogP contribution in [0.4, 0.5) is 5.69 Å². The number of methoxy groups -OCH3 is 1. The van der Waals surface area contributed by atoms with E-state index < -0.39 is 14.9 Å². The second kappa shape index (κ2) is 7.30. The van der Waals surface area contributed by atoms with E-state index in [1.54, 1.807) is 0 Å². The van der Waals surface area contributed by atoms with E-state index in [9.17, 15) is 18.5 Å². The molecule has 0 aliphatic heterocycles. The molecule has 1 rings (SSSR count). The van der Waals surface area contributed by atoms with Crippen molar-refractivity contribution >= 4 is 31.6 Å². The fourth-order valence-electron chi connectivity index (χ4n) is 1.74. The fraction of sp³-hybridized carbons (Fsp3) is 0.500. The maximum Gasteiger partial charge on any atom is 0.273 e. The lowest BCUT2D eigenvalue weighted by Crippen LogP contribution is -2.22. The minimum absolute atomic E-state index is 0.0856. The molecule has 0 aliphatic rings. The van der Waals surface area contributed by atoms with Gasteiger partial charge in [-0.2, -0.15) is 0 Å². The van der Waals surface area contributed by atoms with Crippen molar-refractivity contribution in [2.24, 2.45) is 0 Å². The minimum atomic E-state index is -3.70. The smallest absolute Gasteiger partial charge is 0.273 e. The average Bonchev–Trinajstić information content (AvgIpc) is 2.38. The van der Waals surface area contributed by atoms with Gasteiger partial charge in [-0.05, 0) is 12.5 Å². The predicted octanol–water partition coefficient (Wildman–Crippen LogP) is 1.80. The Kier molecular flexibility index (Phi) is 6.26. The van der Waals surface area contributed by atoms with Crippen LogP contribution in [0.25, 0.3) is 0 Å². The number of benzene rings is 1. The molecule has 0 fully saturated rings. The number of nitro benzene ring substituents is 1. The monoisotopic (exact) mass is 380 g/mol. The molecule has 1 aromatic carbocycles. The topological polar surface area (TPSA) is 89.8 Å². The first kappa shape index (κ1) is 18.0. The lowest BCUT2D eigenvalue weighted by Gasteiger charge is -2.13. The molecule has 118 valence electrons. The predicted molar refractivity (Wildman–Crippen MR) is 82.3 cm³/mol. The van der Waals surface area contributed by atoms with Crippen molar-refractivity contribution < 1.29 is 18.1 Å². The van der Waals surface area contributed by atoms with Gasteiger partial charge in [0.15, 0.2) is 0 Å². The summed E-state index contributed by atoms with van der Waals surface area (Å²) < 4.78 is 30.0. The maximum absolute atomic E-state index is 12.0. The number of halogens is 1. The van der Waals surface area contributed by atoms with Crippen LogP contribution in [0.2, 0.25) is 0 Å². The van der Waals surface area contributed by atoms with Crippen molar-refractivity contribution in [3.63, 3.8) is 0 Å². The van der Waals surface area contributed by atoms with Crippen LogP contribution in [0.15, 0.2) is 23.1 Å². The molecule has 0 bridgehead atoms. The second-order valence-electron chi connectivity index (χ2n) is 4.59. The molecule has 0 spiro atoms. The van der Waals surface area contributed by atoms with Gasteiger partial charge in [-0.25, -0.2) is 12.7 Å². The summed E-state index contributed by atoms with van der Waals surface area (Å²) >= 11 is 3.37. The molecular weight excluding hydrogens is 364 g/mol. The highest BCUT2D eigenvalue weighted by Crippen LogP contribution is 2.26. The van der Waals surface area contributed by atoms with Crippen LogP contribution in [0, 0.1) is 10.1 Å². The zero-order valence-corrected chi connectivity index (χ0v) is 14.3. The van der Waals surface area contributed by atoms with Crippen LogP contribution < -0.4 is 0 Å². The van der Waals surface area contributed by atoms with Gasteiger partial charge in [0.25, 0.3) is 5.69 Å². The van der Waals surface area contributed by atoms with Gasteiger partial charge in [-0.3, -0.25) is 10.1 Å². The summed E-state index contributed by atoms with van der Waals surface area (Å²) in [5, 5.41) is 11.2. The van der Waals surface area contributed by atoms with E-state index >= 15 is 0 Å². The lowest BCUT2D eigenvalue weighted by molar-refractivity contribution is -0.385. The first-order valence-corrected chi connectivity index (χ1v) is 8.38. The zero-order chi connectivity index (χ0) is 16.2. The highest BCUT2D eigenvalue weighted by atomic mass is 79.9. The molecule has 0 aliphatic carbocycles. The summed E-state index contributed by atoms with van der Waals surface area (Å²) in [6.07, 6.45) is 0.368. The number of nitro groups is 1. The van der Waals surface area contributed by atoms with Crippen molar-refractivity contribution in [2.45, 2.75) is 16.1 Å². The van der Waals surface area contributed by atoms with E-state index in [0.717, 1.165) is 10.4 Å². The third kappa shape index (κ3) is 4.47. The Bertz CT molecular complexity index is 618. The van der Waals surface area contributed by atoms with Gasteiger partial charge in [0, 0.05) is 37.7 Å². The minimum Gasteiger partial charge on any atom is -0.384 e. The summed E-state index contributed by atoms with van der Waals surface area (Å²) in [6.45, 7) is 0.398. The number of hydrogen-bond acceptors (Lipinski definition) is 5. The van der Waals surface area contributed by atoms with E-state index in [1.165, 1.54) is 33.3 Å². The van der Waals surface area contributed by atoms with E-state index in [0.29, 0.717) is 18.6 Å². The van der Waals surface area contributed by atoms with Gasteiger partial charge >= 0.3 is 0 Å². The molecule has 0 amide bonds. The average molecular weight is 381 g/mol. The van der Waals surface area contributed by atoms with Gasteiger partial charge in [-0.15, -0.1) is 0 Å². The van der Waals surface area contributed by atoms with Crippen LogP contribution >= 0.6 is 15.9 Å². The van der Waals surface area contributed by atoms with Crippen LogP contribution in [-0.2, 0) is 21.2 Å². The Balaban J connectivity index is 3.23. The number of sulfonamides is 1. The third-order valence-corrected chi connectivity index (χ3v) is 5.22. The van der Waals surface area contributed by atoms with Crippen LogP contribution in [0.5, 0.6) is 0 Å². The molecule has 9 heteroatoms. The third-order valence-electron chi connectivity index (χ3n) is 2.82. The molecule has 7 nitrogen and oxygen atoms in total. The summed E-state index contributed by atoms with van der Waals surface area (Å²) in [6, 6.07) is 3.94. The molecule has 0 aromatic heterocycles. The fourth-order valence-corrected chi connectivity index (χ4v) is 3.27. The largest absolute Gasteiger partial charge is 0.384 e. The van der Waals surface area contributed by atoms with E-state index in [-0.39, 0.29) is 15.4 Å². The van der Waals surface area contributed by atoms with Gasteiger partial charge in [0.1, 0.15) is 0 Å². The van der Waals surface area contributed by atoms with E-state index in [1.807, 2.05) is 0 Å². The van der Waals surface area contributed by atoms with Crippen LogP contribution in [0.1, 0.15) is 5.56 Å². The molecule has 0 radical (unpaired) electrons. The lowest BCUT2D eigenvalue weighted by atomic mass is 10.1. The van der Waals surface area contributed by atoms with E-state index in [4.69, 9.17) is 4.74 Å². The highest BCUT2D eigenvalue weighted by Gasteiger charge is 2.23. The molecule has 0 N–H and O–H groups in total. The first-order valence-electron chi connectivity index (χ1n) is 6.03. The number of rotatable bonds is 7. The molecular formula is C12H17BrN2O5S. The first-order chi connectivity index (χ1) is 9.70. The van der Waals surface area contributed by atoms with Gasteiger partial charge in [-0.1, -0.05) is 22.0 Å². The summed E-state index contributed by atoms with van der Waals surface area (Å²) in [7, 11) is 0.596. The molecule has 0 heterocycles. The molecule has 21 heavy (non-hydrogen) atoms. The molecule has 1 aromatic rings. The molecule has 1 unspecified atom stereocenters. The quantitative estimate of drug-likeness (QED) is 0.408. The Hall–Kier alpha value is -1.03. The Morgan fingerprint density at radius 1 is 1.43 bits per heavy atom. The van der Waals surface area contributed by atoms with Crippen molar-refractivity contribution in [3.05, 3.63) is 33.9 Å². The Morgan fingerprint density at radius 2 is 2.05 bits per heavy atom. The van der Waals surface area contributed by atoms with Gasteiger partial charge in [0.05, 0.1) is 16.4 Å². The Labute approximate surface area is 132 Å². The van der Waals surface area contributed by atoms with Crippen LogP contribution in [0.3, 0.4) is 0 Å². The number of alkyl halides is 1. The van der Waals surface area contributed by atoms with Crippen molar-refractivity contribution in [2.75, 3.05) is 27.8 Å². The number of hydrogen-bond donors (Lipinski definition) is 0. The molecule has 1 atom stereocenters. The molecule has 0 saturated carbocycles. The normalized spacial score (nSPS) is 13.4. The van der Waals surface area contributed by atoms with Crippen molar-refractivity contribution in [3.8, 4) is 0 Å². The van der Waals surface area contributed by atoms with Crippen molar-refractivity contribution in [1.82, 2.24) is 4.31 Å². The van der Waals surface area contributed by atoms with Gasteiger partial charge in [0.2, 0.25) is 10.0 Å². The van der Waals surface area contributed by atoms with Crippen LogP contribution in [-0.4, -0.2) is 50.3 Å². The number of nitrogens with zero attached hydrogens (tertiary/aromatic N) is 2. The Morgan fingerprint density at radius 3 is 2.52 bits per heavy atom. The summed E-state index contributed by atoms with van der Waals surface area (Å²) in [4.78, 5) is 10.4.